The number of ether oxygens (including phenoxy) is 2. The van der Waals surface area contributed by atoms with Gasteiger partial charge in [-0.05, 0) is 147 Å². The summed E-state index contributed by atoms with van der Waals surface area (Å²) in [5.41, 5.74) is 2.46. The first-order chi connectivity index (χ1) is 23.9. The summed E-state index contributed by atoms with van der Waals surface area (Å²) in [6, 6.07) is 16.8. The molecule has 0 fully saturated rings. The fourth-order valence-electron chi connectivity index (χ4n) is 4.97. The lowest BCUT2D eigenvalue weighted by Crippen LogP contribution is -2.33. The van der Waals surface area contributed by atoms with Crippen molar-refractivity contribution in [2.24, 2.45) is 10.3 Å². The molecule has 0 saturated carbocycles. The van der Waals surface area contributed by atoms with Crippen molar-refractivity contribution in [3.8, 4) is 34.5 Å². The monoisotopic (exact) mass is 936 g/mol. The number of benzene rings is 4. The number of phenolic OH excluding ortho intramolecular Hbond substituents is 2. The number of phenols is 2. The van der Waals surface area contributed by atoms with Crippen LogP contribution in [0.25, 0.3) is 0 Å². The molecule has 16 heteroatoms. The van der Waals surface area contributed by atoms with Crippen molar-refractivity contribution >= 4 is 87.0 Å². The number of hydrogen-bond donors (Lipinski definition) is 6. The Kier molecular flexibility index (Phi) is 12.4. The van der Waals surface area contributed by atoms with E-state index < -0.39 is 11.8 Å². The number of fused-ring (bicyclic) bond motifs is 2. The molecule has 4 aromatic carbocycles. The first-order valence-corrected chi connectivity index (χ1v) is 18.1. The number of rotatable bonds is 0. The highest BCUT2D eigenvalue weighted by molar-refractivity contribution is 9.11. The number of nitrogens with zero attached hydrogens (tertiary/aromatic N) is 2. The average Bonchev–Trinajstić information content (AvgIpc) is 3.08. The Hall–Kier alpha value is -4.12. The van der Waals surface area contributed by atoms with E-state index in [4.69, 9.17) is 9.47 Å². The Morgan fingerprint density at radius 1 is 0.540 bits per heavy atom. The van der Waals surface area contributed by atoms with Crippen LogP contribution < -0.4 is 20.1 Å². The zero-order chi connectivity index (χ0) is 35.9. The van der Waals surface area contributed by atoms with Crippen molar-refractivity contribution in [2.45, 2.75) is 25.7 Å². The quantitative estimate of drug-likeness (QED) is 0.0774. The molecule has 8 bridgehead atoms. The van der Waals surface area contributed by atoms with E-state index in [2.05, 4.69) is 84.7 Å². The number of nitrogens with one attached hydrogen (secondary N) is 2. The van der Waals surface area contributed by atoms with Gasteiger partial charge in [0.15, 0.2) is 23.0 Å². The molecule has 50 heavy (non-hydrogen) atoms. The maximum atomic E-state index is 13.0. The van der Waals surface area contributed by atoms with E-state index in [1.807, 2.05) is 12.1 Å². The Morgan fingerprint density at radius 3 is 1.48 bits per heavy atom. The van der Waals surface area contributed by atoms with Crippen molar-refractivity contribution in [3.05, 3.63) is 101 Å². The highest BCUT2D eigenvalue weighted by atomic mass is 79.9. The van der Waals surface area contributed by atoms with Crippen molar-refractivity contribution in [1.82, 2.24) is 10.6 Å². The summed E-state index contributed by atoms with van der Waals surface area (Å²) in [6.07, 6.45) is 0.733. The summed E-state index contributed by atoms with van der Waals surface area (Å²) in [5, 5.41) is 52.7. The predicted octanol–water partition coefficient (Wildman–Crippen LogP) is 7.51. The maximum absolute atomic E-state index is 13.0. The first kappa shape index (κ1) is 37.1. The van der Waals surface area contributed by atoms with E-state index in [9.17, 15) is 30.2 Å². The third-order valence-electron chi connectivity index (χ3n) is 7.52. The first-order valence-electron chi connectivity index (χ1n) is 14.9. The van der Waals surface area contributed by atoms with Crippen LogP contribution in [0.4, 0.5) is 0 Å². The predicted molar refractivity (Wildman–Crippen MR) is 199 cm³/mol. The summed E-state index contributed by atoms with van der Waals surface area (Å²) in [6.45, 7) is 0.434. The lowest BCUT2D eigenvalue weighted by atomic mass is 10.1. The molecule has 4 aromatic rings. The van der Waals surface area contributed by atoms with Crippen molar-refractivity contribution in [3.63, 3.8) is 0 Å². The summed E-state index contributed by atoms with van der Waals surface area (Å²) in [7, 11) is 0. The smallest absolute Gasteiger partial charge is 0.269 e. The maximum Gasteiger partial charge on any atom is 0.269 e. The summed E-state index contributed by atoms with van der Waals surface area (Å²) in [4.78, 5) is 25.9. The van der Waals surface area contributed by atoms with Gasteiger partial charge in [0.05, 0.1) is 17.9 Å². The van der Waals surface area contributed by atoms with Crippen LogP contribution in [-0.2, 0) is 35.3 Å². The summed E-state index contributed by atoms with van der Waals surface area (Å²) < 4.78 is 13.8. The third kappa shape index (κ3) is 9.15. The van der Waals surface area contributed by atoms with E-state index in [1.54, 1.807) is 42.5 Å². The van der Waals surface area contributed by atoms with E-state index in [1.165, 1.54) is 6.07 Å². The highest BCUT2D eigenvalue weighted by Gasteiger charge is 2.20. The van der Waals surface area contributed by atoms with Gasteiger partial charge in [0, 0.05) is 25.9 Å². The molecule has 2 amide bonds. The van der Waals surface area contributed by atoms with Gasteiger partial charge in [-0.1, -0.05) is 22.4 Å². The van der Waals surface area contributed by atoms with E-state index in [-0.39, 0.29) is 64.8 Å². The van der Waals surface area contributed by atoms with Crippen LogP contribution in [0.2, 0.25) is 0 Å². The fourth-order valence-corrected chi connectivity index (χ4v) is 6.96. The Bertz CT molecular complexity index is 2020. The molecule has 0 atom stereocenters. The number of carbonyl (C=O) groups is 2. The van der Waals surface area contributed by atoms with Crippen LogP contribution in [-0.4, -0.2) is 57.0 Å². The van der Waals surface area contributed by atoms with Crippen LogP contribution in [0, 0.1) is 0 Å². The topological polar surface area (TPSA) is 182 Å². The third-order valence-corrected chi connectivity index (χ3v) is 9.96. The number of aromatic hydroxyl groups is 2. The van der Waals surface area contributed by atoms with E-state index in [0.717, 1.165) is 11.1 Å². The minimum absolute atomic E-state index is 0.0145. The molecular formula is C34H28Br4N4O8. The van der Waals surface area contributed by atoms with Crippen molar-refractivity contribution in [2.75, 3.05) is 13.1 Å². The van der Waals surface area contributed by atoms with Gasteiger partial charge in [0.1, 0.15) is 22.9 Å². The average molecular weight is 940 g/mol. The number of halogens is 4. The minimum atomic E-state index is -0.608. The van der Waals surface area contributed by atoms with Crippen LogP contribution >= 0.6 is 63.7 Å². The molecule has 0 aromatic heterocycles. The Balaban J connectivity index is 1.45. The second kappa shape index (κ2) is 16.7. The summed E-state index contributed by atoms with van der Waals surface area (Å²) in [5.74, 6) is -0.458. The normalized spacial score (nSPS) is 16.2. The number of carbonyl (C=O) groups excluding carboxylic acids is 2. The fraction of sp³-hybridized carbons (Fsp3) is 0.176. The highest BCUT2D eigenvalue weighted by Crippen LogP contribution is 2.42. The van der Waals surface area contributed by atoms with Gasteiger partial charge >= 0.3 is 0 Å². The Labute approximate surface area is 319 Å². The van der Waals surface area contributed by atoms with Gasteiger partial charge in [-0.3, -0.25) is 9.59 Å². The number of oxime groups is 2. The van der Waals surface area contributed by atoms with Gasteiger partial charge < -0.3 is 40.7 Å². The van der Waals surface area contributed by atoms with E-state index in [0.29, 0.717) is 48.9 Å². The van der Waals surface area contributed by atoms with Crippen LogP contribution in [0.1, 0.15) is 22.3 Å². The Morgan fingerprint density at radius 2 is 0.960 bits per heavy atom. The molecule has 6 N–H and O–H groups in total. The van der Waals surface area contributed by atoms with Gasteiger partial charge in [-0.25, -0.2) is 0 Å². The zero-order valence-corrected chi connectivity index (χ0v) is 32.2. The molecule has 12 nitrogen and oxygen atoms in total. The zero-order valence-electron chi connectivity index (χ0n) is 25.8. The molecular weight excluding hydrogens is 912 g/mol. The van der Waals surface area contributed by atoms with Gasteiger partial charge in [0.2, 0.25) is 0 Å². The van der Waals surface area contributed by atoms with Crippen molar-refractivity contribution in [1.29, 1.82) is 0 Å². The SMILES string of the molecule is O=C1NCCc2ccc(c(Br)c2)Oc2cc(cc(Br)c2O)CCNC(=O)/C(=N/O)Cc2cc(Br)c(O)c(c2)Oc2ccc(cc2Br)C/C1=N/O. The second-order valence-corrected chi connectivity index (χ2v) is 14.5. The molecule has 7 rings (SSSR count). The van der Waals surface area contributed by atoms with Crippen LogP contribution in [0.5, 0.6) is 34.5 Å². The molecule has 0 aliphatic carbocycles. The van der Waals surface area contributed by atoms with E-state index >= 15 is 0 Å². The van der Waals surface area contributed by atoms with Gasteiger partial charge in [-0.15, -0.1) is 0 Å². The standard InChI is InChI=1S/C34H28Br4N4O8/c35-21-9-17-1-3-27(21)49-29-15-19(11-23(37)31(29)43)6-8-40-34(46)26(42-48)14-20-12-24(38)32(44)30(16-20)50-28-4-2-18(10-22(28)36)13-25(41-47)33(45)39-7-5-17/h1-4,9-12,15-16,43-44,47-48H,5-8,13-14H2,(H,39,45)(H,40,46)/b41-25-,42-26+. The molecule has 3 aliphatic heterocycles. The lowest BCUT2D eigenvalue weighted by molar-refractivity contribution is -0.115. The number of amides is 2. The molecule has 0 saturated heterocycles. The largest absolute Gasteiger partial charge is 0.503 e. The summed E-state index contributed by atoms with van der Waals surface area (Å²) >= 11 is 13.6. The molecule has 0 spiro atoms. The molecule has 3 aliphatic rings. The number of hydrogen-bond acceptors (Lipinski definition) is 10. The van der Waals surface area contributed by atoms with Gasteiger partial charge in [0.25, 0.3) is 11.8 Å². The molecule has 0 radical (unpaired) electrons. The van der Waals surface area contributed by atoms with Gasteiger partial charge in [-0.2, -0.15) is 0 Å². The molecule has 260 valence electrons. The molecule has 0 unspecified atom stereocenters. The van der Waals surface area contributed by atoms with Crippen LogP contribution in [0.15, 0.2) is 88.9 Å². The molecule has 3 heterocycles. The second-order valence-electron chi connectivity index (χ2n) is 11.0. The lowest BCUT2D eigenvalue weighted by Gasteiger charge is -2.15. The minimum Gasteiger partial charge on any atom is -0.503 e. The van der Waals surface area contributed by atoms with Crippen molar-refractivity contribution < 1.29 is 39.7 Å². The van der Waals surface area contributed by atoms with Crippen LogP contribution in [0.3, 0.4) is 0 Å².